The normalized spacial score (nSPS) is 20.2. The molecule has 2 bridgehead atoms. The van der Waals surface area contributed by atoms with Gasteiger partial charge in [-0.05, 0) is 43.9 Å². The number of amides is 1. The summed E-state index contributed by atoms with van der Waals surface area (Å²) in [7, 11) is 2.69. The van der Waals surface area contributed by atoms with Crippen molar-refractivity contribution in [2.75, 3.05) is 30.5 Å². The number of carbonyl (C=O) groups is 1. The SMILES string of the molecule is CN(C)c1ccc2ccc(-c3cn(COCC[Si](C)(C)C)c4nc(N5[C@@H]6CC[C@H]5CC(NC(=O)O)C6)cnc34)c(Cl)c2n1. The molecule has 0 radical (unpaired) electrons. The van der Waals surface area contributed by atoms with Gasteiger partial charge in [-0.2, -0.15) is 0 Å². The van der Waals surface area contributed by atoms with Crippen LogP contribution in [0.2, 0.25) is 30.7 Å². The number of benzene rings is 1. The average molecular weight is 622 g/mol. The number of nitrogens with zero attached hydrogens (tertiary/aromatic N) is 6. The summed E-state index contributed by atoms with van der Waals surface area (Å²) in [4.78, 5) is 30.6. The lowest BCUT2D eigenvalue weighted by Gasteiger charge is -2.39. The summed E-state index contributed by atoms with van der Waals surface area (Å²) < 4.78 is 8.23. The minimum Gasteiger partial charge on any atom is -0.465 e. The maximum Gasteiger partial charge on any atom is 0.404 e. The zero-order valence-corrected chi connectivity index (χ0v) is 27.2. The van der Waals surface area contributed by atoms with Crippen molar-refractivity contribution >= 4 is 59.5 Å². The standard InChI is InChI=1S/C31H40ClN7O3Si/c1-37(2)25-11-7-19-6-10-23(27(32)28(19)35-25)24-17-38(18-42-12-13-43(3,4)5)30-29(24)33-16-26(36-30)39-21-8-9-22(39)15-20(14-21)34-31(40)41/h6-7,10-11,16-17,20-22,34H,8-9,12-15,18H2,1-5H3,(H,40,41)/t20?,21-,22+. The van der Waals surface area contributed by atoms with Crippen LogP contribution in [0.4, 0.5) is 16.4 Å². The van der Waals surface area contributed by atoms with Gasteiger partial charge in [-0.15, -0.1) is 0 Å². The summed E-state index contributed by atoms with van der Waals surface area (Å²) in [6, 6.07) is 9.61. The number of anilines is 2. The molecule has 10 nitrogen and oxygen atoms in total. The van der Waals surface area contributed by atoms with Crippen molar-refractivity contribution in [2.45, 2.75) is 76.2 Å². The van der Waals surface area contributed by atoms with Gasteiger partial charge in [-0.3, -0.25) is 0 Å². The van der Waals surface area contributed by atoms with Gasteiger partial charge in [0, 0.05) is 69.6 Å². The first-order valence-corrected chi connectivity index (χ1v) is 19.1. The second-order valence-electron chi connectivity index (χ2n) is 13.2. The molecule has 228 valence electrons. The van der Waals surface area contributed by atoms with Crippen molar-refractivity contribution in [3.05, 3.63) is 41.7 Å². The number of halogens is 1. The number of fused-ring (bicyclic) bond motifs is 4. The van der Waals surface area contributed by atoms with Gasteiger partial charge in [0.1, 0.15) is 23.9 Å². The molecule has 5 heterocycles. The highest BCUT2D eigenvalue weighted by Crippen LogP contribution is 2.41. The Morgan fingerprint density at radius 3 is 2.49 bits per heavy atom. The number of aromatic nitrogens is 4. The van der Waals surface area contributed by atoms with Gasteiger partial charge >= 0.3 is 6.09 Å². The summed E-state index contributed by atoms with van der Waals surface area (Å²) in [6.45, 7) is 8.10. The lowest BCUT2D eigenvalue weighted by atomic mass is 9.97. The number of rotatable bonds is 9. The van der Waals surface area contributed by atoms with Crippen LogP contribution in [0.1, 0.15) is 25.7 Å². The van der Waals surface area contributed by atoms with Crippen LogP contribution in [0, 0.1) is 0 Å². The molecule has 1 unspecified atom stereocenters. The summed E-state index contributed by atoms with van der Waals surface area (Å²) in [5.74, 6) is 1.66. The number of ether oxygens (including phenoxy) is 1. The summed E-state index contributed by atoms with van der Waals surface area (Å²) in [6.07, 6.45) is 6.51. The van der Waals surface area contributed by atoms with Crippen molar-refractivity contribution in [1.29, 1.82) is 0 Å². The fourth-order valence-electron chi connectivity index (χ4n) is 6.44. The number of hydrogen-bond acceptors (Lipinski definition) is 7. The molecule has 2 aliphatic rings. The van der Waals surface area contributed by atoms with Crippen molar-refractivity contribution in [2.24, 2.45) is 0 Å². The quantitative estimate of drug-likeness (QED) is 0.162. The number of carboxylic acid groups (broad SMARTS) is 1. The molecule has 0 aliphatic carbocycles. The molecule has 2 aliphatic heterocycles. The second-order valence-corrected chi connectivity index (χ2v) is 19.2. The molecule has 6 rings (SSSR count). The van der Waals surface area contributed by atoms with E-state index >= 15 is 0 Å². The average Bonchev–Trinajstić information content (AvgIpc) is 3.43. The van der Waals surface area contributed by atoms with Crippen molar-refractivity contribution in [3.8, 4) is 11.1 Å². The molecular weight excluding hydrogens is 582 g/mol. The van der Waals surface area contributed by atoms with Crippen LogP contribution in [0.25, 0.3) is 33.2 Å². The first kappa shape index (κ1) is 29.6. The van der Waals surface area contributed by atoms with Gasteiger partial charge in [0.25, 0.3) is 0 Å². The summed E-state index contributed by atoms with van der Waals surface area (Å²) in [5, 5.41) is 13.5. The van der Waals surface area contributed by atoms with E-state index in [0.29, 0.717) is 18.4 Å². The number of pyridine rings is 1. The van der Waals surface area contributed by atoms with Crippen molar-refractivity contribution in [3.63, 3.8) is 0 Å². The molecule has 2 saturated heterocycles. The molecular formula is C31H40ClN7O3Si. The third-order valence-electron chi connectivity index (χ3n) is 8.64. The van der Waals surface area contributed by atoms with Crippen molar-refractivity contribution in [1.82, 2.24) is 24.8 Å². The number of hydrogen-bond donors (Lipinski definition) is 2. The maximum atomic E-state index is 11.3. The van der Waals surface area contributed by atoms with Crippen LogP contribution >= 0.6 is 11.6 Å². The zero-order chi connectivity index (χ0) is 30.5. The Hall–Kier alpha value is -3.41. The highest BCUT2D eigenvalue weighted by molar-refractivity contribution is 6.76. The molecule has 2 fully saturated rings. The van der Waals surface area contributed by atoms with Crippen LogP contribution in [0.3, 0.4) is 0 Å². The number of piperidine rings is 1. The molecule has 4 aromatic rings. The van der Waals surface area contributed by atoms with E-state index in [2.05, 4.69) is 29.9 Å². The Morgan fingerprint density at radius 1 is 1.09 bits per heavy atom. The second kappa shape index (κ2) is 11.6. The smallest absolute Gasteiger partial charge is 0.404 e. The fourth-order valence-corrected chi connectivity index (χ4v) is 7.52. The molecule has 3 aromatic heterocycles. The fraction of sp³-hybridized carbons (Fsp3) is 0.484. The molecule has 12 heteroatoms. The van der Waals surface area contributed by atoms with E-state index in [9.17, 15) is 9.90 Å². The van der Waals surface area contributed by atoms with Crippen LogP contribution in [-0.2, 0) is 11.5 Å². The minimum atomic E-state index is -1.24. The molecule has 2 N–H and O–H groups in total. The van der Waals surface area contributed by atoms with Crippen molar-refractivity contribution < 1.29 is 14.6 Å². The summed E-state index contributed by atoms with van der Waals surface area (Å²) >= 11 is 7.07. The Kier molecular flexibility index (Phi) is 7.99. The van der Waals surface area contributed by atoms with Crippen LogP contribution < -0.4 is 15.1 Å². The zero-order valence-electron chi connectivity index (χ0n) is 25.5. The highest BCUT2D eigenvalue weighted by Gasteiger charge is 2.42. The van der Waals surface area contributed by atoms with Gasteiger partial charge in [0.05, 0.1) is 16.7 Å². The van der Waals surface area contributed by atoms with Crippen LogP contribution in [-0.4, -0.2) is 77.6 Å². The minimum absolute atomic E-state index is 0.0326. The van der Waals surface area contributed by atoms with Gasteiger partial charge in [0.2, 0.25) is 0 Å². The lowest BCUT2D eigenvalue weighted by Crippen LogP contribution is -2.50. The lowest BCUT2D eigenvalue weighted by molar-refractivity contribution is 0.0899. The predicted octanol–water partition coefficient (Wildman–Crippen LogP) is 6.45. The van der Waals surface area contributed by atoms with E-state index in [-0.39, 0.29) is 18.1 Å². The van der Waals surface area contributed by atoms with Gasteiger partial charge in [-0.25, -0.2) is 19.7 Å². The maximum absolute atomic E-state index is 11.3. The Bertz CT molecular complexity index is 1660. The third-order valence-corrected chi connectivity index (χ3v) is 10.7. The molecule has 1 aromatic carbocycles. The topological polar surface area (TPSA) is 109 Å². The molecule has 1 amide bonds. The van der Waals surface area contributed by atoms with Crippen LogP contribution in [0.5, 0.6) is 0 Å². The third kappa shape index (κ3) is 6.03. The molecule has 43 heavy (non-hydrogen) atoms. The van der Waals surface area contributed by atoms with Gasteiger partial charge < -0.3 is 29.5 Å². The van der Waals surface area contributed by atoms with Gasteiger partial charge in [0.15, 0.2) is 5.65 Å². The monoisotopic (exact) mass is 621 g/mol. The first-order valence-electron chi connectivity index (χ1n) is 15.0. The van der Waals surface area contributed by atoms with E-state index in [1.807, 2.05) is 60.2 Å². The van der Waals surface area contributed by atoms with Crippen LogP contribution in [0.15, 0.2) is 36.7 Å². The number of nitrogens with one attached hydrogen (secondary N) is 1. The molecule has 0 spiro atoms. The van der Waals surface area contributed by atoms with E-state index in [0.717, 1.165) is 76.6 Å². The Labute approximate surface area is 258 Å². The van der Waals surface area contributed by atoms with E-state index < -0.39 is 14.2 Å². The highest BCUT2D eigenvalue weighted by atomic mass is 35.5. The van der Waals surface area contributed by atoms with E-state index in [1.165, 1.54) is 0 Å². The van der Waals surface area contributed by atoms with E-state index in [1.54, 1.807) is 0 Å². The largest absolute Gasteiger partial charge is 0.465 e. The van der Waals surface area contributed by atoms with Gasteiger partial charge in [-0.1, -0.05) is 43.4 Å². The predicted molar refractivity (Wildman–Crippen MR) is 175 cm³/mol. The molecule has 0 saturated carbocycles. The first-order chi connectivity index (χ1) is 20.5. The Morgan fingerprint density at radius 2 is 1.81 bits per heavy atom. The Balaban J connectivity index is 1.39. The summed E-state index contributed by atoms with van der Waals surface area (Å²) in [5.41, 5.74) is 4.00. The van der Waals surface area contributed by atoms with E-state index in [4.69, 9.17) is 31.3 Å². The molecule has 3 atom stereocenters.